The van der Waals surface area contributed by atoms with Gasteiger partial charge in [-0.05, 0) is 25.7 Å². The molecule has 2 aromatic heterocycles. The van der Waals surface area contributed by atoms with Crippen LogP contribution >= 0.6 is 0 Å². The molecule has 1 saturated carbocycles. The van der Waals surface area contributed by atoms with E-state index in [2.05, 4.69) is 25.6 Å². The number of benzene rings is 1. The second-order valence-electron chi connectivity index (χ2n) is 10.6. The number of rotatable bonds is 9. The maximum absolute atomic E-state index is 12.1. The lowest BCUT2D eigenvalue weighted by Gasteiger charge is -2.29. The second kappa shape index (κ2) is 12.1. The average molecular weight is 567 g/mol. The minimum absolute atomic E-state index is 0.0304. The quantitative estimate of drug-likeness (QED) is 0.351. The Hall–Kier alpha value is -3.65. The van der Waals surface area contributed by atoms with E-state index in [9.17, 15) is 14.7 Å². The van der Waals surface area contributed by atoms with Crippen LogP contribution in [0.25, 0.3) is 11.2 Å². The molecular formula is C28H34N6O7. The van der Waals surface area contributed by atoms with E-state index in [0.29, 0.717) is 30.7 Å². The molecule has 1 aromatic carbocycles. The van der Waals surface area contributed by atoms with Gasteiger partial charge in [-0.2, -0.15) is 0 Å². The van der Waals surface area contributed by atoms with Gasteiger partial charge in [0.25, 0.3) is 0 Å². The number of carboxylic acids is 1. The van der Waals surface area contributed by atoms with Gasteiger partial charge in [0.05, 0.1) is 25.5 Å². The fourth-order valence-electron chi connectivity index (χ4n) is 5.97. The highest BCUT2D eigenvalue weighted by atomic mass is 16.8. The molecule has 0 radical (unpaired) electrons. The minimum Gasteiger partial charge on any atom is -0.481 e. The summed E-state index contributed by atoms with van der Waals surface area (Å²) < 4.78 is 27.1. The van der Waals surface area contributed by atoms with Crippen molar-refractivity contribution < 1.29 is 33.6 Å². The van der Waals surface area contributed by atoms with Gasteiger partial charge in [-0.1, -0.05) is 43.2 Å². The Morgan fingerprint density at radius 2 is 1.85 bits per heavy atom. The van der Waals surface area contributed by atoms with Crippen molar-refractivity contribution in [2.75, 3.05) is 25.1 Å². The molecule has 218 valence electrons. The van der Waals surface area contributed by atoms with Crippen molar-refractivity contribution in [1.29, 1.82) is 0 Å². The Bertz CT molecular complexity index is 1370. The molecule has 4 heterocycles. The van der Waals surface area contributed by atoms with Crippen molar-refractivity contribution in [2.24, 2.45) is 11.8 Å². The van der Waals surface area contributed by atoms with E-state index in [1.165, 1.54) is 6.33 Å². The van der Waals surface area contributed by atoms with Crippen molar-refractivity contribution in [2.45, 2.75) is 63.4 Å². The van der Waals surface area contributed by atoms with Crippen molar-refractivity contribution >= 4 is 29.0 Å². The summed E-state index contributed by atoms with van der Waals surface area (Å²) in [6, 6.07) is 9.29. The smallest absolute Gasteiger partial charge is 0.320 e. The van der Waals surface area contributed by atoms with Crippen molar-refractivity contribution in [1.82, 2.24) is 24.8 Å². The lowest BCUT2D eigenvalue weighted by Crippen LogP contribution is -2.34. The van der Waals surface area contributed by atoms with E-state index in [0.717, 1.165) is 24.8 Å². The molecule has 0 bridgehead atoms. The number of anilines is 1. The number of carbonyl (C=O) groups excluding carboxylic acids is 1. The highest BCUT2D eigenvalue weighted by Crippen LogP contribution is 2.45. The zero-order chi connectivity index (χ0) is 28.3. The zero-order valence-electron chi connectivity index (χ0n) is 22.7. The molecule has 0 spiro atoms. The number of hydrogen-bond acceptors (Lipinski definition) is 9. The van der Waals surface area contributed by atoms with Gasteiger partial charge in [-0.3, -0.25) is 14.7 Å². The number of ether oxygens (including phenoxy) is 4. The maximum Gasteiger partial charge on any atom is 0.320 e. The SMILES string of the molecule is CCNC(=O)Nc1ncnc2c1ncn2C1OC(COCC2CCCCC2C(=O)O)C2O[C@H](c3ccccc3)OC21. The maximum atomic E-state index is 12.1. The van der Waals surface area contributed by atoms with Gasteiger partial charge in [0, 0.05) is 12.1 Å². The van der Waals surface area contributed by atoms with Crippen LogP contribution in [0.3, 0.4) is 0 Å². The number of fused-ring (bicyclic) bond motifs is 2. The summed E-state index contributed by atoms with van der Waals surface area (Å²) >= 11 is 0. The number of aromatic nitrogens is 4. The highest BCUT2D eigenvalue weighted by molar-refractivity contribution is 5.95. The third-order valence-electron chi connectivity index (χ3n) is 7.96. The van der Waals surface area contributed by atoms with Crippen LogP contribution in [0.1, 0.15) is 50.7 Å². The Morgan fingerprint density at radius 3 is 2.66 bits per heavy atom. The molecule has 3 fully saturated rings. The molecule has 3 aromatic rings. The monoisotopic (exact) mass is 566 g/mol. The summed E-state index contributed by atoms with van der Waals surface area (Å²) in [6.07, 6.45) is 3.75. The number of aliphatic carboxylic acids is 1. The largest absolute Gasteiger partial charge is 0.481 e. The number of carbonyl (C=O) groups is 2. The Balaban J connectivity index is 1.23. The summed E-state index contributed by atoms with van der Waals surface area (Å²) in [6.45, 7) is 2.85. The molecule has 13 nitrogen and oxygen atoms in total. The third kappa shape index (κ3) is 5.62. The standard InChI is InChI=1S/C28H34N6O7/c1-2-29-28(37)33-23-20-24(31-14-30-23)34(15-32-20)25-22-21(40-27(41-22)16-8-4-3-5-9-16)19(39-25)13-38-12-17-10-6-7-11-18(17)26(35)36/h3-5,8-9,14-15,17-19,21-22,25,27H,2,6-7,10-13H2,1H3,(H,35,36)(H2,29,30,31,33,37)/t17?,18?,19?,21?,22?,25?,27-/m0/s1. The fraction of sp³-hybridized carbons (Fsp3) is 0.536. The average Bonchev–Trinajstić information content (AvgIpc) is 3.69. The van der Waals surface area contributed by atoms with Crippen molar-refractivity contribution in [3.8, 4) is 0 Å². The molecule has 6 unspecified atom stereocenters. The molecule has 13 heteroatoms. The number of amides is 2. The first-order valence-electron chi connectivity index (χ1n) is 14.1. The number of nitrogens with zero attached hydrogens (tertiary/aromatic N) is 4. The molecule has 3 aliphatic rings. The molecule has 6 rings (SSSR count). The first-order chi connectivity index (χ1) is 20.0. The first-order valence-corrected chi connectivity index (χ1v) is 14.1. The van der Waals surface area contributed by atoms with Gasteiger partial charge in [-0.15, -0.1) is 0 Å². The number of urea groups is 1. The number of hydrogen-bond donors (Lipinski definition) is 3. The van der Waals surface area contributed by atoms with Gasteiger partial charge in [0.2, 0.25) is 0 Å². The molecule has 7 atom stereocenters. The summed E-state index contributed by atoms with van der Waals surface area (Å²) in [5.74, 6) is -0.900. The minimum atomic E-state index is -0.760. The molecule has 2 amide bonds. The fourth-order valence-corrected chi connectivity index (χ4v) is 5.97. The van der Waals surface area contributed by atoms with Gasteiger partial charge >= 0.3 is 12.0 Å². The predicted molar refractivity (Wildman–Crippen MR) is 145 cm³/mol. The van der Waals surface area contributed by atoms with E-state index in [1.807, 2.05) is 37.3 Å². The topological polar surface area (TPSA) is 159 Å². The van der Waals surface area contributed by atoms with Gasteiger partial charge in [0.15, 0.2) is 29.5 Å². The summed E-state index contributed by atoms with van der Waals surface area (Å²) in [4.78, 5) is 36.9. The summed E-state index contributed by atoms with van der Waals surface area (Å²) in [5.41, 5.74) is 1.77. The zero-order valence-corrected chi connectivity index (χ0v) is 22.7. The van der Waals surface area contributed by atoms with Crippen LogP contribution in [0.2, 0.25) is 0 Å². The van der Waals surface area contributed by atoms with Crippen LogP contribution in [0.5, 0.6) is 0 Å². The molecule has 41 heavy (non-hydrogen) atoms. The third-order valence-corrected chi connectivity index (χ3v) is 7.96. The van der Waals surface area contributed by atoms with Crippen LogP contribution in [0.4, 0.5) is 10.6 Å². The van der Waals surface area contributed by atoms with Crippen LogP contribution in [0, 0.1) is 11.8 Å². The number of carboxylic acid groups (broad SMARTS) is 1. The van der Waals surface area contributed by atoms with Crippen molar-refractivity contribution in [3.05, 3.63) is 48.5 Å². The van der Waals surface area contributed by atoms with E-state index < -0.39 is 42.8 Å². The molecule has 2 aliphatic heterocycles. The highest BCUT2D eigenvalue weighted by Gasteiger charge is 2.54. The lowest BCUT2D eigenvalue weighted by molar-refractivity contribution is -0.160. The van der Waals surface area contributed by atoms with Gasteiger partial charge in [-0.25, -0.2) is 19.7 Å². The van der Waals surface area contributed by atoms with E-state index in [4.69, 9.17) is 18.9 Å². The van der Waals surface area contributed by atoms with Crippen LogP contribution in [0.15, 0.2) is 43.0 Å². The van der Waals surface area contributed by atoms with E-state index in [-0.39, 0.29) is 24.3 Å². The first kappa shape index (κ1) is 27.5. The van der Waals surface area contributed by atoms with Crippen LogP contribution in [-0.4, -0.2) is 74.7 Å². The molecule has 3 N–H and O–H groups in total. The Kier molecular flexibility index (Phi) is 8.10. The van der Waals surface area contributed by atoms with Crippen LogP contribution < -0.4 is 10.6 Å². The van der Waals surface area contributed by atoms with Gasteiger partial charge in [0.1, 0.15) is 24.6 Å². The summed E-state index contributed by atoms with van der Waals surface area (Å²) in [5, 5.41) is 15.0. The van der Waals surface area contributed by atoms with E-state index in [1.54, 1.807) is 10.9 Å². The lowest BCUT2D eigenvalue weighted by atomic mass is 9.80. The molecule has 2 saturated heterocycles. The molecule has 1 aliphatic carbocycles. The van der Waals surface area contributed by atoms with Crippen molar-refractivity contribution in [3.63, 3.8) is 0 Å². The normalized spacial score (nSPS) is 29.3. The Morgan fingerprint density at radius 1 is 1.05 bits per heavy atom. The number of nitrogens with one attached hydrogen (secondary N) is 2. The van der Waals surface area contributed by atoms with E-state index >= 15 is 0 Å². The number of imidazole rings is 1. The van der Waals surface area contributed by atoms with Gasteiger partial charge < -0.3 is 29.4 Å². The summed E-state index contributed by atoms with van der Waals surface area (Å²) in [7, 11) is 0. The predicted octanol–water partition coefficient (Wildman–Crippen LogP) is 3.26. The van der Waals surface area contributed by atoms with Crippen LogP contribution in [-0.2, 0) is 23.7 Å². The Labute approximate surface area is 236 Å². The second-order valence-corrected chi connectivity index (χ2v) is 10.6. The molecular weight excluding hydrogens is 532 g/mol.